The van der Waals surface area contributed by atoms with E-state index in [0.29, 0.717) is 44.2 Å². The molecule has 4 rings (SSSR count). The molecule has 1 amide bonds. The van der Waals surface area contributed by atoms with Crippen LogP contribution in [0.2, 0.25) is 0 Å². The summed E-state index contributed by atoms with van der Waals surface area (Å²) in [5.41, 5.74) is 0.433. The van der Waals surface area contributed by atoms with E-state index >= 15 is 0 Å². The van der Waals surface area contributed by atoms with Gasteiger partial charge in [-0.2, -0.15) is 0 Å². The molecular formula is C22H27N3O4. The van der Waals surface area contributed by atoms with Gasteiger partial charge in [-0.3, -0.25) is 9.69 Å². The Morgan fingerprint density at radius 2 is 1.97 bits per heavy atom. The van der Waals surface area contributed by atoms with Crippen LogP contribution in [0.25, 0.3) is 0 Å². The van der Waals surface area contributed by atoms with Crippen molar-refractivity contribution in [2.45, 2.75) is 18.1 Å². The maximum absolute atomic E-state index is 13.2. The van der Waals surface area contributed by atoms with Gasteiger partial charge in [0.2, 0.25) is 5.88 Å². The number of piperidine rings is 1. The van der Waals surface area contributed by atoms with E-state index in [4.69, 9.17) is 9.47 Å². The van der Waals surface area contributed by atoms with Crippen molar-refractivity contribution in [2.75, 3.05) is 46.5 Å². The standard InChI is InChI=1S/C22H27N3O4/c1-28-20-15-17(7-9-23-20)21(26)25-10-8-22(27,18-5-3-2-4-6-18)19(16-25)24-11-13-29-14-12-24/h2-7,9,15,19,27H,8,10-14,16H2,1H3/t19-,22+/m1/s1. The van der Waals surface area contributed by atoms with Gasteiger partial charge in [-0.15, -0.1) is 0 Å². The lowest BCUT2D eigenvalue weighted by Gasteiger charge is -2.50. The molecule has 2 aliphatic rings. The number of carbonyl (C=O) groups excluding carboxylic acids is 1. The third-order valence-corrected chi connectivity index (χ3v) is 5.95. The SMILES string of the molecule is COc1cc(C(=O)N2CC[C@](O)(c3ccccc3)[C@H](N3CCOCC3)C2)ccn1. The van der Waals surface area contributed by atoms with E-state index in [2.05, 4.69) is 9.88 Å². The summed E-state index contributed by atoms with van der Waals surface area (Å²) < 4.78 is 10.7. The van der Waals surface area contributed by atoms with Gasteiger partial charge in [-0.25, -0.2) is 4.98 Å². The molecule has 2 fully saturated rings. The molecule has 1 aromatic heterocycles. The van der Waals surface area contributed by atoms with Crippen LogP contribution in [0, 0.1) is 0 Å². The highest BCUT2D eigenvalue weighted by Crippen LogP contribution is 2.36. The first-order valence-electron chi connectivity index (χ1n) is 10.0. The molecule has 0 spiro atoms. The highest BCUT2D eigenvalue weighted by atomic mass is 16.5. The first kappa shape index (κ1) is 19.8. The number of nitrogens with zero attached hydrogens (tertiary/aromatic N) is 3. The molecule has 0 aliphatic carbocycles. The third kappa shape index (κ3) is 3.99. The second-order valence-corrected chi connectivity index (χ2v) is 7.54. The van der Waals surface area contributed by atoms with Crippen molar-refractivity contribution in [1.82, 2.24) is 14.8 Å². The van der Waals surface area contributed by atoms with Crippen molar-refractivity contribution in [3.05, 3.63) is 59.8 Å². The Bertz CT molecular complexity index is 841. The fourth-order valence-electron chi connectivity index (χ4n) is 4.31. The molecule has 3 heterocycles. The van der Waals surface area contributed by atoms with Gasteiger partial charge in [0.25, 0.3) is 5.91 Å². The normalized spacial score (nSPS) is 25.6. The van der Waals surface area contributed by atoms with Gasteiger partial charge in [-0.1, -0.05) is 30.3 Å². The molecule has 0 radical (unpaired) electrons. The second-order valence-electron chi connectivity index (χ2n) is 7.54. The molecule has 0 unspecified atom stereocenters. The second kappa shape index (κ2) is 8.49. The predicted octanol–water partition coefficient (Wildman–Crippen LogP) is 1.52. The molecule has 154 valence electrons. The van der Waals surface area contributed by atoms with E-state index in [1.54, 1.807) is 18.3 Å². The molecule has 2 saturated heterocycles. The van der Waals surface area contributed by atoms with Crippen molar-refractivity contribution < 1.29 is 19.4 Å². The number of pyridine rings is 1. The van der Waals surface area contributed by atoms with Crippen LogP contribution in [0.15, 0.2) is 48.7 Å². The van der Waals surface area contributed by atoms with Crippen LogP contribution >= 0.6 is 0 Å². The average molecular weight is 397 g/mol. The van der Waals surface area contributed by atoms with Crippen LogP contribution in [0.3, 0.4) is 0 Å². The van der Waals surface area contributed by atoms with Gasteiger partial charge in [0.15, 0.2) is 0 Å². The summed E-state index contributed by atoms with van der Waals surface area (Å²) in [7, 11) is 1.53. The third-order valence-electron chi connectivity index (χ3n) is 5.95. The minimum Gasteiger partial charge on any atom is -0.481 e. The Labute approximate surface area is 170 Å². The Morgan fingerprint density at radius 1 is 1.21 bits per heavy atom. The van der Waals surface area contributed by atoms with Gasteiger partial charge >= 0.3 is 0 Å². The number of aliphatic hydroxyl groups is 1. The molecule has 2 aliphatic heterocycles. The van der Waals surface area contributed by atoms with E-state index in [-0.39, 0.29) is 11.9 Å². The number of ether oxygens (including phenoxy) is 2. The number of hydrogen-bond acceptors (Lipinski definition) is 6. The molecule has 7 heteroatoms. The predicted molar refractivity (Wildman–Crippen MR) is 108 cm³/mol. The van der Waals surface area contributed by atoms with Crippen LogP contribution in [0.1, 0.15) is 22.3 Å². The first-order chi connectivity index (χ1) is 14.1. The van der Waals surface area contributed by atoms with Crippen LogP contribution in [0.5, 0.6) is 5.88 Å². The van der Waals surface area contributed by atoms with Crippen molar-refractivity contribution >= 4 is 5.91 Å². The van der Waals surface area contributed by atoms with E-state index in [0.717, 1.165) is 18.7 Å². The molecule has 2 aromatic rings. The number of rotatable bonds is 4. The minimum absolute atomic E-state index is 0.0703. The van der Waals surface area contributed by atoms with Gasteiger partial charge in [0.05, 0.1) is 26.4 Å². The van der Waals surface area contributed by atoms with E-state index < -0.39 is 5.60 Å². The van der Waals surface area contributed by atoms with Crippen LogP contribution in [0.4, 0.5) is 0 Å². The van der Waals surface area contributed by atoms with Crippen molar-refractivity contribution in [3.8, 4) is 5.88 Å². The lowest BCUT2D eigenvalue weighted by atomic mass is 9.79. The summed E-state index contributed by atoms with van der Waals surface area (Å²) in [5, 5.41) is 11.8. The minimum atomic E-state index is -1.01. The fraction of sp³-hybridized carbons (Fsp3) is 0.455. The quantitative estimate of drug-likeness (QED) is 0.843. The Balaban J connectivity index is 1.61. The largest absolute Gasteiger partial charge is 0.481 e. The van der Waals surface area contributed by atoms with E-state index in [9.17, 15) is 9.90 Å². The maximum atomic E-state index is 13.2. The molecule has 0 saturated carbocycles. The van der Waals surface area contributed by atoms with Crippen molar-refractivity contribution in [1.29, 1.82) is 0 Å². The zero-order chi connectivity index (χ0) is 20.3. The fourth-order valence-corrected chi connectivity index (χ4v) is 4.31. The number of benzene rings is 1. The molecule has 1 N–H and O–H groups in total. The summed E-state index contributed by atoms with van der Waals surface area (Å²) in [6, 6.07) is 12.9. The topological polar surface area (TPSA) is 75.1 Å². The van der Waals surface area contributed by atoms with Gasteiger partial charge < -0.3 is 19.5 Å². The molecule has 7 nitrogen and oxygen atoms in total. The van der Waals surface area contributed by atoms with Gasteiger partial charge in [0, 0.05) is 44.0 Å². The number of morpholine rings is 1. The molecule has 29 heavy (non-hydrogen) atoms. The van der Waals surface area contributed by atoms with Crippen LogP contribution < -0.4 is 4.74 Å². The van der Waals surface area contributed by atoms with Crippen LogP contribution in [-0.2, 0) is 10.3 Å². The van der Waals surface area contributed by atoms with E-state index in [1.165, 1.54) is 7.11 Å². The summed E-state index contributed by atoms with van der Waals surface area (Å²) in [6.45, 7) is 3.69. The van der Waals surface area contributed by atoms with Gasteiger partial charge in [0.1, 0.15) is 5.60 Å². The number of carbonyl (C=O) groups is 1. The Morgan fingerprint density at radius 3 is 2.69 bits per heavy atom. The monoisotopic (exact) mass is 397 g/mol. The zero-order valence-corrected chi connectivity index (χ0v) is 16.7. The molecular weight excluding hydrogens is 370 g/mol. The zero-order valence-electron chi connectivity index (χ0n) is 16.7. The number of methoxy groups -OCH3 is 1. The first-order valence-corrected chi connectivity index (χ1v) is 10.0. The summed E-state index contributed by atoms with van der Waals surface area (Å²) >= 11 is 0. The highest BCUT2D eigenvalue weighted by Gasteiger charge is 2.47. The highest BCUT2D eigenvalue weighted by molar-refractivity contribution is 5.94. The number of aromatic nitrogens is 1. The maximum Gasteiger partial charge on any atom is 0.254 e. The smallest absolute Gasteiger partial charge is 0.254 e. The summed E-state index contributed by atoms with van der Waals surface area (Å²) in [4.78, 5) is 21.3. The summed E-state index contributed by atoms with van der Waals surface area (Å²) in [5.74, 6) is 0.345. The lowest BCUT2D eigenvalue weighted by molar-refractivity contribution is -0.112. The average Bonchev–Trinajstić information content (AvgIpc) is 2.80. The molecule has 1 aromatic carbocycles. The van der Waals surface area contributed by atoms with Crippen LogP contribution in [-0.4, -0.2) is 78.3 Å². The lowest BCUT2D eigenvalue weighted by Crippen LogP contribution is -2.63. The van der Waals surface area contributed by atoms with Crippen molar-refractivity contribution in [3.63, 3.8) is 0 Å². The van der Waals surface area contributed by atoms with E-state index in [1.807, 2.05) is 35.2 Å². The van der Waals surface area contributed by atoms with Gasteiger partial charge in [-0.05, 0) is 18.1 Å². The molecule has 0 bridgehead atoms. The molecule has 2 atom stereocenters. The number of hydrogen-bond donors (Lipinski definition) is 1. The number of likely N-dealkylation sites (tertiary alicyclic amines) is 1. The number of amides is 1. The Hall–Kier alpha value is -2.48. The summed E-state index contributed by atoms with van der Waals surface area (Å²) in [6.07, 6.45) is 2.06. The Kier molecular flexibility index (Phi) is 5.80. The van der Waals surface area contributed by atoms with Crippen molar-refractivity contribution in [2.24, 2.45) is 0 Å².